The van der Waals surface area contributed by atoms with Crippen LogP contribution in [0, 0.1) is 0 Å². The zero-order valence-electron chi connectivity index (χ0n) is 16.7. The number of anilines is 1. The van der Waals surface area contributed by atoms with Gasteiger partial charge in [-0.05, 0) is 66.4 Å². The molecule has 0 saturated heterocycles. The lowest BCUT2D eigenvalue weighted by molar-refractivity contribution is -0.114. The van der Waals surface area contributed by atoms with E-state index in [9.17, 15) is 9.59 Å². The number of nitrogens with zero attached hydrogens (tertiary/aromatic N) is 2. The van der Waals surface area contributed by atoms with Crippen LogP contribution in [0.4, 0.5) is 5.69 Å². The highest BCUT2D eigenvalue weighted by Gasteiger charge is 2.28. The van der Waals surface area contributed by atoms with Gasteiger partial charge in [0.2, 0.25) is 0 Å². The summed E-state index contributed by atoms with van der Waals surface area (Å²) in [5.74, 6) is 0.0391. The summed E-state index contributed by atoms with van der Waals surface area (Å²) in [4.78, 5) is 25.7. The molecule has 0 N–H and O–H groups in total. The van der Waals surface area contributed by atoms with Crippen LogP contribution in [-0.2, 0) is 4.79 Å². The number of hydrogen-bond acceptors (Lipinski definition) is 6. The molecule has 156 valence electrons. The van der Waals surface area contributed by atoms with E-state index < -0.39 is 5.97 Å². The number of amides is 1. The summed E-state index contributed by atoms with van der Waals surface area (Å²) < 4.78 is 11.8. The molecule has 2 aromatic carbocycles. The molecular weight excluding hydrogens is 480 g/mol. The van der Waals surface area contributed by atoms with E-state index in [1.54, 1.807) is 43.3 Å². The number of hydrazone groups is 1. The Morgan fingerprint density at radius 1 is 1.13 bits per heavy atom. The number of carbonyl (C=O) groups excluding carboxylic acids is 2. The van der Waals surface area contributed by atoms with Crippen molar-refractivity contribution >= 4 is 56.6 Å². The first kappa shape index (κ1) is 21.0. The van der Waals surface area contributed by atoms with Crippen molar-refractivity contribution in [2.24, 2.45) is 5.10 Å². The lowest BCUT2D eigenvalue weighted by atomic mass is 10.1. The van der Waals surface area contributed by atoms with Gasteiger partial charge in [-0.3, -0.25) is 4.79 Å². The molecule has 1 amide bonds. The summed E-state index contributed by atoms with van der Waals surface area (Å²) in [6.07, 6.45) is 1.74. The molecule has 4 rings (SSSR count). The standard InChI is InChI=1S/C23H17BrN2O4S/c1-14-18(22(27)26(25-14)17-8-6-16(24)7-9-17)12-15-5-10-19(20(13-15)29-2)30-23(28)21-4-3-11-31-21/h3-13H,1-2H3/b18-12-. The van der Waals surface area contributed by atoms with E-state index >= 15 is 0 Å². The van der Waals surface area contributed by atoms with Crippen LogP contribution in [0.5, 0.6) is 11.5 Å². The third-order valence-electron chi connectivity index (χ3n) is 4.56. The van der Waals surface area contributed by atoms with Gasteiger partial charge in [-0.25, -0.2) is 4.79 Å². The van der Waals surface area contributed by atoms with Crippen molar-refractivity contribution in [1.29, 1.82) is 0 Å². The van der Waals surface area contributed by atoms with Crippen LogP contribution >= 0.6 is 27.3 Å². The lowest BCUT2D eigenvalue weighted by Crippen LogP contribution is -2.21. The van der Waals surface area contributed by atoms with Gasteiger partial charge in [0.1, 0.15) is 4.88 Å². The van der Waals surface area contributed by atoms with E-state index in [0.29, 0.717) is 33.3 Å². The minimum Gasteiger partial charge on any atom is -0.493 e. The molecule has 0 aliphatic carbocycles. The Morgan fingerprint density at radius 3 is 2.58 bits per heavy atom. The molecule has 8 heteroatoms. The van der Waals surface area contributed by atoms with E-state index in [-0.39, 0.29) is 5.91 Å². The molecule has 31 heavy (non-hydrogen) atoms. The molecule has 0 spiro atoms. The van der Waals surface area contributed by atoms with E-state index in [1.165, 1.54) is 23.5 Å². The number of halogens is 1. The average molecular weight is 497 g/mol. The van der Waals surface area contributed by atoms with E-state index in [2.05, 4.69) is 21.0 Å². The number of carbonyl (C=O) groups is 2. The predicted molar refractivity (Wildman–Crippen MR) is 125 cm³/mol. The molecule has 0 saturated carbocycles. The summed E-state index contributed by atoms with van der Waals surface area (Å²) in [5, 5.41) is 7.58. The Labute approximate surface area is 191 Å². The van der Waals surface area contributed by atoms with Crippen LogP contribution in [0.3, 0.4) is 0 Å². The minimum atomic E-state index is -0.446. The summed E-state index contributed by atoms with van der Waals surface area (Å²) >= 11 is 4.69. The number of hydrogen-bond donors (Lipinski definition) is 0. The zero-order valence-corrected chi connectivity index (χ0v) is 19.1. The molecular formula is C23H17BrN2O4S. The van der Waals surface area contributed by atoms with Crippen LogP contribution in [0.15, 0.2) is 75.1 Å². The van der Waals surface area contributed by atoms with Crippen LogP contribution in [0.1, 0.15) is 22.2 Å². The maximum Gasteiger partial charge on any atom is 0.353 e. The van der Waals surface area contributed by atoms with Crippen molar-refractivity contribution in [1.82, 2.24) is 0 Å². The number of ether oxygens (including phenoxy) is 2. The predicted octanol–water partition coefficient (Wildman–Crippen LogP) is 5.54. The van der Waals surface area contributed by atoms with Crippen molar-refractivity contribution < 1.29 is 19.1 Å². The minimum absolute atomic E-state index is 0.216. The molecule has 0 fully saturated rings. The second-order valence-corrected chi connectivity index (χ2v) is 8.48. The van der Waals surface area contributed by atoms with Gasteiger partial charge < -0.3 is 9.47 Å². The Bertz CT molecular complexity index is 1200. The van der Waals surface area contributed by atoms with Gasteiger partial charge in [-0.15, -0.1) is 11.3 Å². The second kappa shape index (κ2) is 8.87. The van der Waals surface area contributed by atoms with Crippen molar-refractivity contribution in [3.63, 3.8) is 0 Å². The Balaban J connectivity index is 1.58. The first-order valence-electron chi connectivity index (χ1n) is 9.27. The molecule has 1 aliphatic heterocycles. The smallest absolute Gasteiger partial charge is 0.353 e. The van der Waals surface area contributed by atoms with Crippen molar-refractivity contribution in [2.75, 3.05) is 12.1 Å². The Morgan fingerprint density at radius 2 is 1.90 bits per heavy atom. The quantitative estimate of drug-likeness (QED) is 0.264. The molecule has 0 unspecified atom stereocenters. The van der Waals surface area contributed by atoms with Gasteiger partial charge in [-0.1, -0.05) is 28.1 Å². The molecule has 0 radical (unpaired) electrons. The zero-order chi connectivity index (χ0) is 22.0. The Kier molecular flexibility index (Phi) is 6.01. The fourth-order valence-electron chi connectivity index (χ4n) is 3.01. The molecule has 6 nitrogen and oxygen atoms in total. The molecule has 3 aromatic rings. The third-order valence-corrected chi connectivity index (χ3v) is 5.94. The largest absolute Gasteiger partial charge is 0.493 e. The van der Waals surface area contributed by atoms with Gasteiger partial charge >= 0.3 is 5.97 Å². The SMILES string of the molecule is COc1cc(/C=C2\C(=O)N(c3ccc(Br)cc3)N=C2C)ccc1OC(=O)c1cccs1. The maximum atomic E-state index is 12.9. The highest BCUT2D eigenvalue weighted by Crippen LogP contribution is 2.31. The normalized spacial score (nSPS) is 14.7. The molecule has 1 aliphatic rings. The average Bonchev–Trinajstić information content (AvgIpc) is 3.40. The first-order chi connectivity index (χ1) is 15.0. The number of thiophene rings is 1. The molecule has 0 atom stereocenters. The lowest BCUT2D eigenvalue weighted by Gasteiger charge is -2.12. The number of benzene rings is 2. The van der Waals surface area contributed by atoms with Gasteiger partial charge in [0.05, 0.1) is 24.1 Å². The Hall–Kier alpha value is -3.23. The van der Waals surface area contributed by atoms with Crippen LogP contribution in [-0.4, -0.2) is 24.7 Å². The summed E-state index contributed by atoms with van der Waals surface area (Å²) in [7, 11) is 1.50. The first-order valence-corrected chi connectivity index (χ1v) is 10.9. The van der Waals surface area contributed by atoms with Crippen molar-refractivity contribution in [3.05, 3.63) is 80.5 Å². The van der Waals surface area contributed by atoms with E-state index in [4.69, 9.17) is 9.47 Å². The van der Waals surface area contributed by atoms with Crippen LogP contribution < -0.4 is 14.5 Å². The summed E-state index contributed by atoms with van der Waals surface area (Å²) in [6.45, 7) is 1.79. The maximum absolute atomic E-state index is 12.9. The highest BCUT2D eigenvalue weighted by molar-refractivity contribution is 9.10. The highest BCUT2D eigenvalue weighted by atomic mass is 79.9. The fraction of sp³-hybridized carbons (Fsp3) is 0.0870. The summed E-state index contributed by atoms with van der Waals surface area (Å²) in [6, 6.07) is 16.0. The van der Waals surface area contributed by atoms with Crippen LogP contribution in [0.2, 0.25) is 0 Å². The molecule has 2 heterocycles. The number of methoxy groups -OCH3 is 1. The van der Waals surface area contributed by atoms with Crippen LogP contribution in [0.25, 0.3) is 6.08 Å². The van der Waals surface area contributed by atoms with Gasteiger partial charge in [0.15, 0.2) is 11.5 Å². The third kappa shape index (κ3) is 4.45. The fourth-order valence-corrected chi connectivity index (χ4v) is 3.87. The second-order valence-electron chi connectivity index (χ2n) is 6.61. The monoisotopic (exact) mass is 496 g/mol. The molecule has 0 bridgehead atoms. The topological polar surface area (TPSA) is 68.2 Å². The van der Waals surface area contributed by atoms with Gasteiger partial charge in [-0.2, -0.15) is 10.1 Å². The van der Waals surface area contributed by atoms with Crippen molar-refractivity contribution in [2.45, 2.75) is 6.92 Å². The van der Waals surface area contributed by atoms with E-state index in [0.717, 1.165) is 10.0 Å². The van der Waals surface area contributed by atoms with E-state index in [1.807, 2.05) is 29.6 Å². The van der Waals surface area contributed by atoms with Crippen molar-refractivity contribution in [3.8, 4) is 11.5 Å². The van der Waals surface area contributed by atoms with Gasteiger partial charge in [0, 0.05) is 4.47 Å². The van der Waals surface area contributed by atoms with Gasteiger partial charge in [0.25, 0.3) is 5.91 Å². The summed E-state index contributed by atoms with van der Waals surface area (Å²) in [5.41, 5.74) is 2.50. The molecule has 1 aromatic heterocycles. The number of esters is 1. The number of rotatable bonds is 5.